The van der Waals surface area contributed by atoms with Gasteiger partial charge in [-0.1, -0.05) is 18.2 Å². The van der Waals surface area contributed by atoms with E-state index in [9.17, 15) is 9.59 Å². The summed E-state index contributed by atoms with van der Waals surface area (Å²) >= 11 is 1.55. The first-order valence-electron chi connectivity index (χ1n) is 8.88. The number of aryl methyl sites for hydroxylation is 1. The molecule has 0 bridgehead atoms. The van der Waals surface area contributed by atoms with Crippen LogP contribution in [0.3, 0.4) is 0 Å². The summed E-state index contributed by atoms with van der Waals surface area (Å²) in [6.07, 6.45) is 0. The normalized spacial score (nSPS) is 11.4. The van der Waals surface area contributed by atoms with Crippen LogP contribution in [0.2, 0.25) is 0 Å². The Labute approximate surface area is 162 Å². The number of carbonyl (C=O) groups excluding carboxylic acids is 1. The van der Waals surface area contributed by atoms with Gasteiger partial charge in [0.2, 0.25) is 0 Å². The van der Waals surface area contributed by atoms with Gasteiger partial charge in [-0.3, -0.25) is 9.59 Å². The molecule has 0 radical (unpaired) electrons. The molecular formula is C21H23N3O2S. The van der Waals surface area contributed by atoms with E-state index in [2.05, 4.69) is 5.10 Å². The number of anilines is 1. The van der Waals surface area contributed by atoms with Gasteiger partial charge in [-0.15, -0.1) is 11.3 Å². The minimum absolute atomic E-state index is 0.173. The maximum absolute atomic E-state index is 13.4. The Morgan fingerprint density at radius 3 is 2.59 bits per heavy atom. The quantitative estimate of drug-likeness (QED) is 0.669. The van der Waals surface area contributed by atoms with E-state index in [1.54, 1.807) is 36.2 Å². The molecule has 3 aromatic rings. The highest BCUT2D eigenvalue weighted by Crippen LogP contribution is 2.25. The molecule has 2 heterocycles. The number of benzene rings is 1. The van der Waals surface area contributed by atoms with Crippen LogP contribution in [-0.4, -0.2) is 22.2 Å². The van der Waals surface area contributed by atoms with E-state index in [4.69, 9.17) is 0 Å². The lowest BCUT2D eigenvalue weighted by atomic mass is 10.0. The fourth-order valence-electron chi connectivity index (χ4n) is 3.03. The highest BCUT2D eigenvalue weighted by Gasteiger charge is 2.36. The zero-order chi connectivity index (χ0) is 19.6. The Morgan fingerprint density at radius 1 is 1.19 bits per heavy atom. The van der Waals surface area contributed by atoms with Crippen molar-refractivity contribution in [1.82, 2.24) is 9.78 Å². The van der Waals surface area contributed by atoms with Gasteiger partial charge < -0.3 is 4.90 Å². The lowest BCUT2D eigenvalue weighted by Crippen LogP contribution is -2.51. The Hall–Kier alpha value is -2.73. The van der Waals surface area contributed by atoms with E-state index in [0.717, 1.165) is 16.1 Å². The number of hydrogen-bond donors (Lipinski definition) is 0. The van der Waals surface area contributed by atoms with Crippen LogP contribution in [0.1, 0.15) is 26.3 Å². The second-order valence-corrected chi connectivity index (χ2v) is 7.84. The van der Waals surface area contributed by atoms with Gasteiger partial charge in [0, 0.05) is 18.3 Å². The van der Waals surface area contributed by atoms with E-state index >= 15 is 0 Å². The lowest BCUT2D eigenvalue weighted by Gasteiger charge is -2.32. The van der Waals surface area contributed by atoms with Gasteiger partial charge in [-0.05, 0) is 62.9 Å². The molecule has 27 heavy (non-hydrogen) atoms. The van der Waals surface area contributed by atoms with Crippen LogP contribution < -0.4 is 10.5 Å². The molecule has 140 valence electrons. The largest absolute Gasteiger partial charge is 0.311 e. The van der Waals surface area contributed by atoms with Crippen molar-refractivity contribution in [3.8, 4) is 10.6 Å². The predicted molar refractivity (Wildman–Crippen MR) is 110 cm³/mol. The number of aromatic nitrogens is 2. The average molecular weight is 382 g/mol. The number of amides is 1. The van der Waals surface area contributed by atoms with Gasteiger partial charge >= 0.3 is 0 Å². The van der Waals surface area contributed by atoms with Gasteiger partial charge in [0.15, 0.2) is 0 Å². The second kappa shape index (κ2) is 7.48. The molecule has 1 amide bonds. The van der Waals surface area contributed by atoms with Gasteiger partial charge in [-0.25, -0.2) is 4.68 Å². The third-order valence-corrected chi connectivity index (χ3v) is 5.39. The second-order valence-electron chi connectivity index (χ2n) is 6.89. The fourth-order valence-corrected chi connectivity index (χ4v) is 3.72. The Bertz CT molecular complexity index is 1010. The minimum Gasteiger partial charge on any atom is -0.311 e. The zero-order valence-corrected chi connectivity index (χ0v) is 16.8. The maximum atomic E-state index is 13.4. The third-order valence-electron chi connectivity index (χ3n) is 4.50. The minimum atomic E-state index is -1.12. The summed E-state index contributed by atoms with van der Waals surface area (Å²) in [7, 11) is 0. The smallest absolute Gasteiger partial charge is 0.267 e. The Balaban J connectivity index is 2.03. The molecule has 0 aliphatic rings. The van der Waals surface area contributed by atoms with Crippen molar-refractivity contribution >= 4 is 22.9 Å². The van der Waals surface area contributed by atoms with Gasteiger partial charge in [-0.2, -0.15) is 5.10 Å². The predicted octanol–water partition coefficient (Wildman–Crippen LogP) is 4.07. The number of rotatable bonds is 5. The Kier molecular flexibility index (Phi) is 5.28. The molecule has 6 heteroatoms. The van der Waals surface area contributed by atoms with Gasteiger partial charge in [0.25, 0.3) is 11.5 Å². The van der Waals surface area contributed by atoms with Crippen molar-refractivity contribution in [2.75, 3.05) is 11.4 Å². The molecule has 0 unspecified atom stereocenters. The SMILES string of the molecule is CCN(C(=O)C(C)(C)n1nc(-c2cccs2)ccc1=O)c1cccc(C)c1. The van der Waals surface area contributed by atoms with Crippen LogP contribution >= 0.6 is 11.3 Å². The average Bonchev–Trinajstić information content (AvgIpc) is 3.17. The van der Waals surface area contributed by atoms with Crippen molar-refractivity contribution in [3.05, 3.63) is 69.8 Å². The van der Waals surface area contributed by atoms with Crippen LogP contribution in [0.25, 0.3) is 10.6 Å². The first-order chi connectivity index (χ1) is 12.8. The summed E-state index contributed by atoms with van der Waals surface area (Å²) in [4.78, 5) is 28.6. The van der Waals surface area contributed by atoms with E-state index in [1.165, 1.54) is 10.7 Å². The molecule has 0 spiro atoms. The molecule has 5 nitrogen and oxygen atoms in total. The van der Waals surface area contributed by atoms with E-state index in [0.29, 0.717) is 12.2 Å². The maximum Gasteiger partial charge on any atom is 0.267 e. The van der Waals surface area contributed by atoms with Crippen molar-refractivity contribution in [1.29, 1.82) is 0 Å². The van der Waals surface area contributed by atoms with E-state index in [1.807, 2.05) is 55.6 Å². The molecule has 0 fully saturated rings. The summed E-state index contributed by atoms with van der Waals surface area (Å²) in [5.74, 6) is -0.173. The van der Waals surface area contributed by atoms with Gasteiger partial charge in [0.05, 0.1) is 4.88 Å². The summed E-state index contributed by atoms with van der Waals surface area (Å²) in [5.41, 5.74) is 1.16. The van der Waals surface area contributed by atoms with Crippen molar-refractivity contribution in [3.63, 3.8) is 0 Å². The number of thiophene rings is 1. The van der Waals surface area contributed by atoms with Gasteiger partial charge in [0.1, 0.15) is 11.2 Å². The summed E-state index contributed by atoms with van der Waals surface area (Å²) in [5, 5.41) is 6.46. The number of hydrogen-bond acceptors (Lipinski definition) is 4. The fraction of sp³-hybridized carbons (Fsp3) is 0.286. The van der Waals surface area contributed by atoms with Crippen LogP contribution in [-0.2, 0) is 10.3 Å². The molecule has 0 atom stereocenters. The van der Waals surface area contributed by atoms with E-state index < -0.39 is 5.54 Å². The molecule has 1 aromatic carbocycles. The number of likely N-dealkylation sites (N-methyl/N-ethyl adjacent to an activating group) is 1. The van der Waals surface area contributed by atoms with Crippen LogP contribution in [0.5, 0.6) is 0 Å². The van der Waals surface area contributed by atoms with E-state index in [-0.39, 0.29) is 11.5 Å². The van der Waals surface area contributed by atoms with Crippen LogP contribution in [0.4, 0.5) is 5.69 Å². The lowest BCUT2D eigenvalue weighted by molar-refractivity contribution is -0.126. The monoisotopic (exact) mass is 381 g/mol. The van der Waals surface area contributed by atoms with Crippen molar-refractivity contribution < 1.29 is 4.79 Å². The molecule has 2 aromatic heterocycles. The van der Waals surface area contributed by atoms with Crippen molar-refractivity contribution in [2.24, 2.45) is 0 Å². The molecule has 0 aliphatic heterocycles. The summed E-state index contributed by atoms with van der Waals surface area (Å²) < 4.78 is 1.29. The topological polar surface area (TPSA) is 55.2 Å². The van der Waals surface area contributed by atoms with Crippen LogP contribution in [0.15, 0.2) is 58.7 Å². The number of carbonyl (C=O) groups is 1. The molecule has 3 rings (SSSR count). The summed E-state index contributed by atoms with van der Waals surface area (Å²) in [6.45, 7) is 7.89. The van der Waals surface area contributed by atoms with Crippen molar-refractivity contribution in [2.45, 2.75) is 33.2 Å². The molecule has 0 aliphatic carbocycles. The number of nitrogens with zero attached hydrogens (tertiary/aromatic N) is 3. The molecule has 0 N–H and O–H groups in total. The molecule has 0 saturated carbocycles. The summed E-state index contributed by atoms with van der Waals surface area (Å²) in [6, 6.07) is 14.8. The zero-order valence-electron chi connectivity index (χ0n) is 16.0. The first-order valence-corrected chi connectivity index (χ1v) is 9.76. The molecule has 0 saturated heterocycles. The Morgan fingerprint density at radius 2 is 1.96 bits per heavy atom. The standard InChI is InChI=1S/C21H23N3O2S/c1-5-23(16-9-6-8-15(2)14-16)20(26)21(3,4)24-19(25)12-11-17(22-24)18-10-7-13-27-18/h6-14H,5H2,1-4H3. The molecular weight excluding hydrogens is 358 g/mol. The first kappa shape index (κ1) is 19.0. The highest BCUT2D eigenvalue weighted by molar-refractivity contribution is 7.13. The van der Waals surface area contributed by atoms with Crippen LogP contribution in [0, 0.1) is 6.92 Å². The third kappa shape index (κ3) is 3.71. The highest BCUT2D eigenvalue weighted by atomic mass is 32.1.